The first-order valence-electron chi connectivity index (χ1n) is 4.30. The fourth-order valence-corrected chi connectivity index (χ4v) is 1.13. The topological polar surface area (TPSA) is 40.5 Å². The van der Waals surface area contributed by atoms with Gasteiger partial charge in [-0.25, -0.2) is 0 Å². The molecule has 2 nitrogen and oxygen atoms in total. The van der Waals surface area contributed by atoms with E-state index in [1.165, 1.54) is 0 Å². The highest BCUT2D eigenvalue weighted by Crippen LogP contribution is 1.99. The Balaban J connectivity index is 2.79. The summed E-state index contributed by atoms with van der Waals surface area (Å²) >= 11 is 0. The van der Waals surface area contributed by atoms with Crippen LogP contribution in [0.5, 0.6) is 0 Å². The Morgan fingerprint density at radius 2 is 2.15 bits per heavy atom. The van der Waals surface area contributed by atoms with E-state index in [1.807, 2.05) is 31.2 Å². The highest BCUT2D eigenvalue weighted by atomic mass is 16.4. The molecule has 3 heteroatoms. The summed E-state index contributed by atoms with van der Waals surface area (Å²) in [5, 5.41) is 17.8. The summed E-state index contributed by atoms with van der Waals surface area (Å²) < 4.78 is 0. The minimum Gasteiger partial charge on any atom is -0.423 e. The average Bonchev–Trinajstić information content (AvgIpc) is 2.15. The lowest BCUT2D eigenvalue weighted by atomic mass is 9.79. The molecule has 0 spiro atoms. The quantitative estimate of drug-likeness (QED) is 0.519. The largest absolute Gasteiger partial charge is 0.488 e. The predicted octanol–water partition coefficient (Wildman–Crippen LogP) is 0.485. The first kappa shape index (κ1) is 10.0. The van der Waals surface area contributed by atoms with Crippen molar-refractivity contribution in [1.82, 2.24) is 0 Å². The molecule has 2 N–H and O–H groups in total. The van der Waals surface area contributed by atoms with Crippen molar-refractivity contribution in [3.8, 4) is 0 Å². The van der Waals surface area contributed by atoms with E-state index in [-0.39, 0.29) is 0 Å². The monoisotopic (exact) mass is 176 g/mol. The van der Waals surface area contributed by atoms with Gasteiger partial charge in [0.1, 0.15) is 0 Å². The zero-order valence-electron chi connectivity index (χ0n) is 7.64. The Morgan fingerprint density at radius 1 is 1.38 bits per heavy atom. The third kappa shape index (κ3) is 3.05. The molecule has 0 aliphatic heterocycles. The van der Waals surface area contributed by atoms with Gasteiger partial charge >= 0.3 is 7.12 Å². The van der Waals surface area contributed by atoms with E-state index in [2.05, 4.69) is 0 Å². The van der Waals surface area contributed by atoms with Gasteiger partial charge in [-0.05, 0) is 24.4 Å². The van der Waals surface area contributed by atoms with Gasteiger partial charge in [0.2, 0.25) is 0 Å². The van der Waals surface area contributed by atoms with E-state index < -0.39 is 7.12 Å². The number of allylic oxidation sites excluding steroid dienone is 2. The molecular weight excluding hydrogens is 163 g/mol. The summed E-state index contributed by atoms with van der Waals surface area (Å²) in [5.74, 6) is 0. The fraction of sp³-hybridized carbons (Fsp3) is 0.200. The van der Waals surface area contributed by atoms with Crippen molar-refractivity contribution in [3.05, 3.63) is 42.0 Å². The van der Waals surface area contributed by atoms with Crippen LogP contribution in [0.4, 0.5) is 0 Å². The third-order valence-electron chi connectivity index (χ3n) is 1.84. The first-order chi connectivity index (χ1) is 6.24. The van der Waals surface area contributed by atoms with Crippen molar-refractivity contribution in [3.63, 3.8) is 0 Å². The van der Waals surface area contributed by atoms with E-state index in [0.717, 1.165) is 12.0 Å². The maximum atomic E-state index is 8.91. The zero-order valence-corrected chi connectivity index (χ0v) is 7.64. The van der Waals surface area contributed by atoms with E-state index in [1.54, 1.807) is 12.1 Å². The Morgan fingerprint density at radius 3 is 2.77 bits per heavy atom. The molecule has 0 saturated carbocycles. The van der Waals surface area contributed by atoms with E-state index in [4.69, 9.17) is 10.0 Å². The molecule has 1 aromatic rings. The Labute approximate surface area is 78.7 Å². The Bertz CT molecular complexity index is 295. The lowest BCUT2D eigenvalue weighted by Crippen LogP contribution is -2.29. The molecule has 1 rings (SSSR count). The van der Waals surface area contributed by atoms with E-state index in [9.17, 15) is 0 Å². The molecule has 0 heterocycles. The molecule has 0 unspecified atom stereocenters. The highest BCUT2D eigenvalue weighted by Gasteiger charge is 2.09. The molecule has 68 valence electrons. The van der Waals surface area contributed by atoms with Crippen molar-refractivity contribution < 1.29 is 10.0 Å². The van der Waals surface area contributed by atoms with E-state index >= 15 is 0 Å². The van der Waals surface area contributed by atoms with Crippen LogP contribution in [-0.4, -0.2) is 17.2 Å². The number of hydrogen-bond donors (Lipinski definition) is 2. The normalized spacial score (nSPS) is 10.7. The third-order valence-corrected chi connectivity index (χ3v) is 1.84. The van der Waals surface area contributed by atoms with Gasteiger partial charge in [-0.2, -0.15) is 0 Å². The molecule has 0 fully saturated rings. The van der Waals surface area contributed by atoms with Crippen molar-refractivity contribution in [2.75, 3.05) is 0 Å². The van der Waals surface area contributed by atoms with Crippen LogP contribution in [0.2, 0.25) is 0 Å². The van der Waals surface area contributed by atoms with Crippen LogP contribution < -0.4 is 5.46 Å². The Hall–Kier alpha value is -1.06. The second-order valence-corrected chi connectivity index (χ2v) is 2.89. The highest BCUT2D eigenvalue weighted by molar-refractivity contribution is 6.58. The smallest absolute Gasteiger partial charge is 0.423 e. The molecule has 0 saturated heterocycles. The average molecular weight is 176 g/mol. The number of hydrogen-bond acceptors (Lipinski definition) is 2. The van der Waals surface area contributed by atoms with Crippen LogP contribution >= 0.6 is 0 Å². The van der Waals surface area contributed by atoms with Crippen LogP contribution in [0.25, 0.3) is 0 Å². The fourth-order valence-electron chi connectivity index (χ4n) is 1.13. The Kier molecular flexibility index (Phi) is 3.74. The number of benzene rings is 1. The lowest BCUT2D eigenvalue weighted by Gasteiger charge is -2.01. The summed E-state index contributed by atoms with van der Waals surface area (Å²) in [6.07, 6.45) is 4.84. The minimum absolute atomic E-state index is 0.544. The molecule has 0 bridgehead atoms. The SMILES string of the molecule is CC=CCc1cccc(B(O)O)c1. The van der Waals surface area contributed by atoms with Crippen molar-refractivity contribution >= 4 is 12.6 Å². The van der Waals surface area contributed by atoms with Crippen LogP contribution in [0, 0.1) is 0 Å². The van der Waals surface area contributed by atoms with Crippen LogP contribution in [0.1, 0.15) is 12.5 Å². The van der Waals surface area contributed by atoms with Gasteiger partial charge in [0, 0.05) is 0 Å². The van der Waals surface area contributed by atoms with E-state index in [0.29, 0.717) is 5.46 Å². The van der Waals surface area contributed by atoms with Gasteiger partial charge in [0.15, 0.2) is 0 Å². The summed E-state index contributed by atoms with van der Waals surface area (Å²) in [5.41, 5.74) is 1.63. The van der Waals surface area contributed by atoms with Crippen molar-refractivity contribution in [2.24, 2.45) is 0 Å². The number of rotatable bonds is 3. The molecule has 1 aromatic carbocycles. The van der Waals surface area contributed by atoms with Gasteiger partial charge in [-0.15, -0.1) is 0 Å². The molecule has 0 aliphatic rings. The minimum atomic E-state index is -1.37. The van der Waals surface area contributed by atoms with Gasteiger partial charge < -0.3 is 10.0 Å². The molecule has 0 amide bonds. The molecular formula is C10H13BO2. The summed E-state index contributed by atoms with van der Waals surface area (Å²) in [7, 11) is -1.37. The van der Waals surface area contributed by atoms with Crippen molar-refractivity contribution in [2.45, 2.75) is 13.3 Å². The summed E-state index contributed by atoms with van der Waals surface area (Å²) in [6, 6.07) is 7.29. The molecule has 0 atom stereocenters. The standard InChI is InChI=1S/C10H13BO2/c1-2-3-5-9-6-4-7-10(8-9)11(12)13/h2-4,6-8,12-13H,5H2,1H3. The van der Waals surface area contributed by atoms with Crippen LogP contribution in [0.15, 0.2) is 36.4 Å². The molecule has 0 radical (unpaired) electrons. The summed E-state index contributed by atoms with van der Waals surface area (Å²) in [6.45, 7) is 1.96. The summed E-state index contributed by atoms with van der Waals surface area (Å²) in [4.78, 5) is 0. The molecule has 13 heavy (non-hydrogen) atoms. The van der Waals surface area contributed by atoms with Crippen LogP contribution in [0.3, 0.4) is 0 Å². The second-order valence-electron chi connectivity index (χ2n) is 2.89. The zero-order chi connectivity index (χ0) is 9.68. The molecule has 0 aromatic heterocycles. The predicted molar refractivity (Wildman–Crippen MR) is 54.8 cm³/mol. The second kappa shape index (κ2) is 4.85. The maximum absolute atomic E-state index is 8.91. The lowest BCUT2D eigenvalue weighted by molar-refractivity contribution is 0.425. The van der Waals surface area contributed by atoms with Gasteiger partial charge in [0.05, 0.1) is 0 Å². The molecule has 0 aliphatic carbocycles. The maximum Gasteiger partial charge on any atom is 0.488 e. The van der Waals surface area contributed by atoms with Crippen LogP contribution in [-0.2, 0) is 6.42 Å². The van der Waals surface area contributed by atoms with Gasteiger partial charge in [0.25, 0.3) is 0 Å². The first-order valence-corrected chi connectivity index (χ1v) is 4.30. The van der Waals surface area contributed by atoms with Gasteiger partial charge in [-0.3, -0.25) is 0 Å². The van der Waals surface area contributed by atoms with Gasteiger partial charge in [-0.1, -0.05) is 36.4 Å². The van der Waals surface area contributed by atoms with Crippen molar-refractivity contribution in [1.29, 1.82) is 0 Å².